The van der Waals surface area contributed by atoms with Gasteiger partial charge in [0, 0.05) is 13.1 Å². The molecule has 1 amide bonds. The average Bonchev–Trinajstić information content (AvgIpc) is 2.65. The first kappa shape index (κ1) is 19.8. The second-order valence-corrected chi connectivity index (χ2v) is 6.50. The van der Waals surface area contributed by atoms with Crippen molar-refractivity contribution in [2.24, 2.45) is 5.92 Å². The molecule has 1 heterocycles. The number of carbonyl (C=O) groups excluding carboxylic acids is 2. The van der Waals surface area contributed by atoms with Crippen molar-refractivity contribution < 1.29 is 19.1 Å². The van der Waals surface area contributed by atoms with E-state index in [1.54, 1.807) is 11.8 Å². The lowest BCUT2D eigenvalue weighted by atomic mass is 9.97. The van der Waals surface area contributed by atoms with Gasteiger partial charge in [0.15, 0.2) is 0 Å². The van der Waals surface area contributed by atoms with Gasteiger partial charge in [-0.25, -0.2) is 0 Å². The number of nitrogens with one attached hydrogen (secondary N) is 1. The molecular formula is C20H28N2O4. The summed E-state index contributed by atoms with van der Waals surface area (Å²) >= 11 is 0. The molecule has 0 saturated carbocycles. The van der Waals surface area contributed by atoms with E-state index in [4.69, 9.17) is 9.47 Å². The molecule has 1 aromatic rings. The van der Waals surface area contributed by atoms with E-state index in [-0.39, 0.29) is 24.3 Å². The monoisotopic (exact) mass is 360 g/mol. The van der Waals surface area contributed by atoms with Crippen LogP contribution in [0.2, 0.25) is 0 Å². The van der Waals surface area contributed by atoms with Gasteiger partial charge >= 0.3 is 5.97 Å². The van der Waals surface area contributed by atoms with Crippen LogP contribution in [0.15, 0.2) is 36.4 Å². The van der Waals surface area contributed by atoms with Gasteiger partial charge in [-0.3, -0.25) is 9.59 Å². The van der Waals surface area contributed by atoms with E-state index >= 15 is 0 Å². The molecule has 1 fully saturated rings. The quantitative estimate of drug-likeness (QED) is 0.570. The van der Waals surface area contributed by atoms with Crippen LogP contribution >= 0.6 is 0 Å². The number of ether oxygens (including phenoxy) is 2. The maximum absolute atomic E-state index is 12.4. The van der Waals surface area contributed by atoms with Crippen molar-refractivity contribution in [3.8, 4) is 5.75 Å². The van der Waals surface area contributed by atoms with Crippen LogP contribution in [0.5, 0.6) is 5.75 Å². The molecule has 1 aliphatic rings. The third-order valence-corrected chi connectivity index (χ3v) is 4.26. The number of hydrogen-bond donors (Lipinski definition) is 1. The van der Waals surface area contributed by atoms with Crippen LogP contribution in [0.25, 0.3) is 0 Å². The molecule has 0 bridgehead atoms. The normalized spacial score (nSPS) is 14.6. The van der Waals surface area contributed by atoms with Gasteiger partial charge in [-0.05, 0) is 44.4 Å². The summed E-state index contributed by atoms with van der Waals surface area (Å²) in [4.78, 5) is 26.0. The highest BCUT2D eigenvalue weighted by molar-refractivity contribution is 5.82. The zero-order chi connectivity index (χ0) is 18.9. The van der Waals surface area contributed by atoms with Gasteiger partial charge in [-0.1, -0.05) is 18.7 Å². The maximum Gasteiger partial charge on any atom is 0.309 e. The van der Waals surface area contributed by atoms with E-state index in [0.29, 0.717) is 44.9 Å². The number of carbonyl (C=O) groups is 2. The summed E-state index contributed by atoms with van der Waals surface area (Å²) in [5.74, 6) is 0.468. The molecule has 2 rings (SSSR count). The minimum atomic E-state index is -0.152. The molecule has 142 valence electrons. The first-order valence-electron chi connectivity index (χ1n) is 9.05. The second-order valence-electron chi connectivity index (χ2n) is 6.50. The van der Waals surface area contributed by atoms with Crippen LogP contribution in [0.1, 0.15) is 26.7 Å². The number of anilines is 1. The highest BCUT2D eigenvalue weighted by Gasteiger charge is 2.28. The summed E-state index contributed by atoms with van der Waals surface area (Å²) in [6.45, 7) is 9.72. The number of para-hydroxylation sites is 2. The third-order valence-electron chi connectivity index (χ3n) is 4.26. The Kier molecular flexibility index (Phi) is 7.51. The number of esters is 1. The highest BCUT2D eigenvalue weighted by Crippen LogP contribution is 2.24. The Balaban J connectivity index is 1.82. The van der Waals surface area contributed by atoms with E-state index < -0.39 is 0 Å². The molecular weight excluding hydrogens is 332 g/mol. The summed E-state index contributed by atoms with van der Waals surface area (Å²) in [5, 5.41) is 3.15. The summed E-state index contributed by atoms with van der Waals surface area (Å²) in [6, 6.07) is 7.53. The lowest BCUT2D eigenvalue weighted by molar-refractivity contribution is -0.151. The summed E-state index contributed by atoms with van der Waals surface area (Å²) in [7, 11) is 0. The number of amides is 1. The first-order chi connectivity index (χ1) is 12.5. The Morgan fingerprint density at radius 1 is 1.27 bits per heavy atom. The minimum absolute atomic E-state index is 0.0158. The van der Waals surface area contributed by atoms with Gasteiger partial charge in [0.2, 0.25) is 5.91 Å². The largest absolute Gasteiger partial charge is 0.487 e. The molecule has 26 heavy (non-hydrogen) atoms. The van der Waals surface area contributed by atoms with Gasteiger partial charge in [0.1, 0.15) is 12.4 Å². The number of nitrogens with zero attached hydrogens (tertiary/aromatic N) is 1. The van der Waals surface area contributed by atoms with E-state index in [9.17, 15) is 9.59 Å². The molecule has 1 aliphatic heterocycles. The van der Waals surface area contributed by atoms with Crippen LogP contribution in [-0.2, 0) is 14.3 Å². The van der Waals surface area contributed by atoms with E-state index in [1.807, 2.05) is 31.2 Å². The molecule has 0 atom stereocenters. The summed E-state index contributed by atoms with van der Waals surface area (Å²) < 4.78 is 10.8. The minimum Gasteiger partial charge on any atom is -0.487 e. The summed E-state index contributed by atoms with van der Waals surface area (Å²) in [5.41, 5.74) is 1.71. The summed E-state index contributed by atoms with van der Waals surface area (Å²) in [6.07, 6.45) is 1.31. The molecule has 6 heteroatoms. The molecule has 0 radical (unpaired) electrons. The van der Waals surface area contributed by atoms with Crippen molar-refractivity contribution in [1.82, 2.24) is 4.90 Å². The number of rotatable bonds is 8. The molecule has 1 aromatic carbocycles. The van der Waals surface area contributed by atoms with Gasteiger partial charge < -0.3 is 19.7 Å². The zero-order valence-electron chi connectivity index (χ0n) is 15.6. The highest BCUT2D eigenvalue weighted by atomic mass is 16.5. The number of hydrogen-bond acceptors (Lipinski definition) is 5. The molecule has 0 aromatic heterocycles. The van der Waals surface area contributed by atoms with Crippen molar-refractivity contribution in [2.45, 2.75) is 26.7 Å². The maximum atomic E-state index is 12.4. The van der Waals surface area contributed by atoms with Crippen molar-refractivity contribution in [3.05, 3.63) is 36.4 Å². The SMILES string of the molecule is C=C(C)COc1ccccc1NCC(=O)N1CCC(C(=O)OCC)CC1. The predicted octanol–water partition coefficient (Wildman–Crippen LogP) is 2.86. The molecule has 1 N–H and O–H groups in total. The van der Waals surface area contributed by atoms with Gasteiger partial charge in [-0.15, -0.1) is 0 Å². The fourth-order valence-electron chi connectivity index (χ4n) is 2.85. The fourth-order valence-corrected chi connectivity index (χ4v) is 2.85. The molecule has 6 nitrogen and oxygen atoms in total. The third kappa shape index (κ3) is 5.79. The van der Waals surface area contributed by atoms with Gasteiger partial charge in [0.05, 0.1) is 24.8 Å². The van der Waals surface area contributed by atoms with Gasteiger partial charge in [0.25, 0.3) is 0 Å². The van der Waals surface area contributed by atoms with Gasteiger partial charge in [-0.2, -0.15) is 0 Å². The molecule has 0 unspecified atom stereocenters. The standard InChI is InChI=1S/C20H28N2O4/c1-4-25-20(24)16-9-11-22(12-10-16)19(23)13-21-17-7-5-6-8-18(17)26-14-15(2)3/h5-8,16,21H,2,4,9-14H2,1,3H3. The topological polar surface area (TPSA) is 67.9 Å². The zero-order valence-corrected chi connectivity index (χ0v) is 15.6. The number of piperidine rings is 1. The van der Waals surface area contributed by atoms with Crippen LogP contribution in [0.3, 0.4) is 0 Å². The lowest BCUT2D eigenvalue weighted by Gasteiger charge is -2.31. The number of likely N-dealkylation sites (tertiary alicyclic amines) is 1. The Morgan fingerprint density at radius 2 is 1.96 bits per heavy atom. The Labute approximate surface area is 155 Å². The van der Waals surface area contributed by atoms with Crippen molar-refractivity contribution in [2.75, 3.05) is 38.2 Å². The average molecular weight is 360 g/mol. The van der Waals surface area contributed by atoms with Crippen molar-refractivity contribution >= 4 is 17.6 Å². The Bertz CT molecular complexity index is 636. The van der Waals surface area contributed by atoms with E-state index in [2.05, 4.69) is 11.9 Å². The van der Waals surface area contributed by atoms with Crippen LogP contribution < -0.4 is 10.1 Å². The Hall–Kier alpha value is -2.50. The fraction of sp³-hybridized carbons (Fsp3) is 0.500. The molecule has 0 aliphatic carbocycles. The van der Waals surface area contributed by atoms with Crippen LogP contribution in [0, 0.1) is 5.92 Å². The molecule has 0 spiro atoms. The lowest BCUT2D eigenvalue weighted by Crippen LogP contribution is -2.43. The first-order valence-corrected chi connectivity index (χ1v) is 9.05. The molecule has 1 saturated heterocycles. The van der Waals surface area contributed by atoms with Crippen LogP contribution in [0.4, 0.5) is 5.69 Å². The van der Waals surface area contributed by atoms with Crippen molar-refractivity contribution in [1.29, 1.82) is 0 Å². The second kappa shape index (κ2) is 9.85. The predicted molar refractivity (Wildman–Crippen MR) is 101 cm³/mol. The van der Waals surface area contributed by atoms with E-state index in [1.165, 1.54) is 0 Å². The number of benzene rings is 1. The smallest absolute Gasteiger partial charge is 0.309 e. The van der Waals surface area contributed by atoms with Crippen molar-refractivity contribution in [3.63, 3.8) is 0 Å². The Morgan fingerprint density at radius 3 is 2.62 bits per heavy atom. The van der Waals surface area contributed by atoms with Crippen LogP contribution in [-0.4, -0.2) is 49.6 Å². The van der Waals surface area contributed by atoms with E-state index in [0.717, 1.165) is 11.3 Å².